The van der Waals surface area contributed by atoms with Gasteiger partial charge in [-0.1, -0.05) is 6.07 Å². The first-order chi connectivity index (χ1) is 17.2. The number of carbonyl (C=O) groups is 1. The lowest BCUT2D eigenvalue weighted by molar-refractivity contribution is 0.0716. The minimum atomic E-state index is -2.34. The van der Waals surface area contributed by atoms with Crippen LogP contribution in [0.1, 0.15) is 46.3 Å². The lowest BCUT2D eigenvalue weighted by atomic mass is 9.91. The molecule has 11 heteroatoms. The van der Waals surface area contributed by atoms with Gasteiger partial charge in [0.1, 0.15) is 5.82 Å². The summed E-state index contributed by atoms with van der Waals surface area (Å²) in [7, 11) is 1.97. The molecule has 1 aliphatic rings. The fourth-order valence-corrected chi connectivity index (χ4v) is 4.45. The highest BCUT2D eigenvalue weighted by atomic mass is 19.2. The second kappa shape index (κ2) is 9.30. The monoisotopic (exact) mass is 502 g/mol. The van der Waals surface area contributed by atoms with E-state index in [-0.39, 0.29) is 11.6 Å². The van der Waals surface area contributed by atoms with Crippen LogP contribution in [-0.2, 0) is 13.0 Å². The van der Waals surface area contributed by atoms with Crippen LogP contribution < -0.4 is 4.74 Å². The Morgan fingerprint density at radius 2 is 1.81 bits per heavy atom. The average Bonchev–Trinajstić information content (AvgIpc) is 3.29. The Labute approximate surface area is 201 Å². The summed E-state index contributed by atoms with van der Waals surface area (Å²) in [5.74, 6) is -13.6. The van der Waals surface area contributed by atoms with Crippen molar-refractivity contribution in [3.8, 4) is 5.75 Å². The molecule has 0 aliphatic heterocycles. The van der Waals surface area contributed by atoms with E-state index in [1.165, 1.54) is 23.8 Å². The SMILES string of the molecule is CN(Cc1nc2cc(C(=O)Oc3c(F)c(F)c(F)c(F)c3F)ccc2[nH]1)C1CCCc2cccnc21. The standard InChI is InChI=1S/C25H19F5N4O2/c1-34(16-6-2-4-12-5-3-9-31-23(12)16)11-17-32-14-8-7-13(10-15(14)33-17)25(35)36-24-21(29)19(27)18(26)20(28)22(24)30/h3,5,7-10,16H,2,4,6,11H2,1H3,(H,32,33). The molecule has 5 rings (SSSR count). The molecule has 1 N–H and O–H groups in total. The number of nitrogens with zero attached hydrogens (tertiary/aromatic N) is 3. The van der Waals surface area contributed by atoms with E-state index in [9.17, 15) is 26.7 Å². The van der Waals surface area contributed by atoms with E-state index in [2.05, 4.69) is 30.7 Å². The predicted octanol–water partition coefficient (Wildman–Crippen LogP) is 5.38. The van der Waals surface area contributed by atoms with E-state index in [0.29, 0.717) is 23.4 Å². The van der Waals surface area contributed by atoms with Crippen LogP contribution in [0.3, 0.4) is 0 Å². The van der Waals surface area contributed by atoms with Gasteiger partial charge in [-0.15, -0.1) is 0 Å². The first kappa shape index (κ1) is 23.9. The summed E-state index contributed by atoms with van der Waals surface area (Å²) in [4.78, 5) is 26.8. The quantitative estimate of drug-likeness (QED) is 0.130. The number of aryl methyl sites for hydroxylation is 1. The van der Waals surface area contributed by atoms with Crippen LogP contribution in [0.5, 0.6) is 5.75 Å². The van der Waals surface area contributed by atoms with E-state index in [1.807, 2.05) is 13.1 Å². The minimum Gasteiger partial charge on any atom is -0.416 e. The fraction of sp³-hybridized carbons (Fsp3) is 0.240. The largest absolute Gasteiger partial charge is 0.416 e. The van der Waals surface area contributed by atoms with Gasteiger partial charge in [-0.05, 0) is 56.1 Å². The third-order valence-electron chi connectivity index (χ3n) is 6.23. The van der Waals surface area contributed by atoms with E-state index >= 15 is 0 Å². The molecule has 2 heterocycles. The van der Waals surface area contributed by atoms with E-state index in [1.54, 1.807) is 6.20 Å². The number of pyridine rings is 1. The van der Waals surface area contributed by atoms with Gasteiger partial charge in [-0.2, -0.15) is 8.78 Å². The molecule has 2 aromatic carbocycles. The maximum Gasteiger partial charge on any atom is 0.343 e. The van der Waals surface area contributed by atoms with Gasteiger partial charge in [0.15, 0.2) is 0 Å². The predicted molar refractivity (Wildman–Crippen MR) is 119 cm³/mol. The maximum absolute atomic E-state index is 13.9. The molecule has 0 bridgehead atoms. The van der Waals surface area contributed by atoms with Crippen LogP contribution >= 0.6 is 0 Å². The summed E-state index contributed by atoms with van der Waals surface area (Å²) in [5.41, 5.74) is 3.05. The third kappa shape index (κ3) is 4.19. The van der Waals surface area contributed by atoms with Gasteiger partial charge in [-0.25, -0.2) is 22.9 Å². The van der Waals surface area contributed by atoms with Crippen molar-refractivity contribution in [3.05, 3.63) is 88.3 Å². The molecule has 1 aliphatic carbocycles. The highest BCUT2D eigenvalue weighted by Gasteiger charge is 2.29. The van der Waals surface area contributed by atoms with Crippen molar-refractivity contribution in [2.75, 3.05) is 7.05 Å². The molecular weight excluding hydrogens is 483 g/mol. The molecule has 0 radical (unpaired) electrons. The highest BCUT2D eigenvalue weighted by Crippen LogP contribution is 2.33. The Morgan fingerprint density at radius 1 is 1.08 bits per heavy atom. The number of hydrogen-bond donors (Lipinski definition) is 1. The number of H-pyrrole nitrogens is 1. The molecule has 0 amide bonds. The molecule has 36 heavy (non-hydrogen) atoms. The summed E-state index contributed by atoms with van der Waals surface area (Å²) in [6, 6.07) is 8.24. The maximum atomic E-state index is 13.9. The van der Waals surface area contributed by atoms with Gasteiger partial charge >= 0.3 is 5.97 Å². The lowest BCUT2D eigenvalue weighted by Gasteiger charge is -2.31. The molecule has 2 aromatic heterocycles. The van der Waals surface area contributed by atoms with Gasteiger partial charge in [0.2, 0.25) is 34.8 Å². The summed E-state index contributed by atoms with van der Waals surface area (Å²) >= 11 is 0. The van der Waals surface area contributed by atoms with Crippen molar-refractivity contribution < 1.29 is 31.5 Å². The molecular formula is C25H19F5N4O2. The number of rotatable bonds is 5. The second-order valence-corrected chi connectivity index (χ2v) is 8.57. The molecule has 0 saturated heterocycles. The normalized spacial score (nSPS) is 15.4. The lowest BCUT2D eigenvalue weighted by Crippen LogP contribution is -2.28. The molecule has 1 unspecified atom stereocenters. The van der Waals surface area contributed by atoms with Crippen LogP contribution in [-0.4, -0.2) is 32.9 Å². The van der Waals surface area contributed by atoms with Gasteiger partial charge in [0.25, 0.3) is 0 Å². The number of nitrogens with one attached hydrogen (secondary N) is 1. The van der Waals surface area contributed by atoms with Crippen molar-refractivity contribution in [2.24, 2.45) is 0 Å². The number of halogens is 5. The van der Waals surface area contributed by atoms with Gasteiger partial charge in [0, 0.05) is 6.20 Å². The fourth-order valence-electron chi connectivity index (χ4n) is 4.45. The number of benzene rings is 2. The van der Waals surface area contributed by atoms with E-state index in [0.717, 1.165) is 25.0 Å². The number of ether oxygens (including phenoxy) is 1. The molecule has 6 nitrogen and oxygen atoms in total. The van der Waals surface area contributed by atoms with Crippen LogP contribution in [0.15, 0.2) is 36.5 Å². The van der Waals surface area contributed by atoms with Crippen molar-refractivity contribution in [2.45, 2.75) is 31.8 Å². The van der Waals surface area contributed by atoms with E-state index < -0.39 is 40.8 Å². The zero-order valence-electron chi connectivity index (χ0n) is 18.9. The summed E-state index contributed by atoms with van der Waals surface area (Å²) < 4.78 is 72.3. The Kier molecular flexibility index (Phi) is 6.17. The number of carbonyl (C=O) groups excluding carboxylic acids is 1. The average molecular weight is 502 g/mol. The Balaban J connectivity index is 1.36. The Morgan fingerprint density at radius 3 is 2.56 bits per heavy atom. The Bertz CT molecular complexity index is 1460. The van der Waals surface area contributed by atoms with Crippen molar-refractivity contribution in [1.82, 2.24) is 19.9 Å². The number of esters is 1. The number of imidazole rings is 1. The van der Waals surface area contributed by atoms with Crippen LogP contribution in [0, 0.1) is 29.1 Å². The zero-order chi connectivity index (χ0) is 25.6. The molecule has 1 atom stereocenters. The van der Waals surface area contributed by atoms with Gasteiger partial charge in [-0.3, -0.25) is 9.88 Å². The zero-order valence-corrected chi connectivity index (χ0v) is 18.9. The molecule has 4 aromatic rings. The van der Waals surface area contributed by atoms with Gasteiger partial charge < -0.3 is 9.72 Å². The third-order valence-corrected chi connectivity index (χ3v) is 6.23. The van der Waals surface area contributed by atoms with Crippen molar-refractivity contribution >= 4 is 17.0 Å². The summed E-state index contributed by atoms with van der Waals surface area (Å²) in [6.07, 6.45) is 4.76. The Hall–Kier alpha value is -3.86. The molecule has 0 saturated carbocycles. The van der Waals surface area contributed by atoms with E-state index in [4.69, 9.17) is 0 Å². The first-order valence-corrected chi connectivity index (χ1v) is 11.1. The molecule has 0 spiro atoms. The number of aromatic amines is 1. The van der Waals surface area contributed by atoms with Crippen molar-refractivity contribution in [1.29, 1.82) is 0 Å². The summed E-state index contributed by atoms with van der Waals surface area (Å²) in [6.45, 7) is 0.458. The first-order valence-electron chi connectivity index (χ1n) is 11.1. The summed E-state index contributed by atoms with van der Waals surface area (Å²) in [5, 5.41) is 0. The van der Waals surface area contributed by atoms with Crippen molar-refractivity contribution in [3.63, 3.8) is 0 Å². The second-order valence-electron chi connectivity index (χ2n) is 8.57. The van der Waals surface area contributed by atoms with Crippen LogP contribution in [0.2, 0.25) is 0 Å². The minimum absolute atomic E-state index is 0.120. The molecule has 0 fully saturated rings. The van der Waals surface area contributed by atoms with Gasteiger partial charge in [0.05, 0.1) is 34.9 Å². The smallest absolute Gasteiger partial charge is 0.343 e. The van der Waals surface area contributed by atoms with Crippen LogP contribution in [0.25, 0.3) is 11.0 Å². The highest BCUT2D eigenvalue weighted by molar-refractivity contribution is 5.94. The van der Waals surface area contributed by atoms with Crippen LogP contribution in [0.4, 0.5) is 22.0 Å². The number of hydrogen-bond acceptors (Lipinski definition) is 5. The topological polar surface area (TPSA) is 71.1 Å². The number of aromatic nitrogens is 3. The molecule has 186 valence electrons. The number of fused-ring (bicyclic) bond motifs is 2.